The summed E-state index contributed by atoms with van der Waals surface area (Å²) in [6.45, 7) is 3.71. The first-order valence-electron chi connectivity index (χ1n) is 6.19. The highest BCUT2D eigenvalue weighted by atomic mass is 16.5. The summed E-state index contributed by atoms with van der Waals surface area (Å²) >= 11 is 0. The van der Waals surface area contributed by atoms with Crippen LogP contribution in [0.1, 0.15) is 36.1 Å². The second-order valence-corrected chi connectivity index (χ2v) is 4.17. The number of furan rings is 1. The number of methoxy groups -OCH3 is 1. The average molecular weight is 255 g/mol. The van der Waals surface area contributed by atoms with E-state index in [2.05, 4.69) is 17.0 Å². The minimum absolute atomic E-state index is 0.216. The Bertz CT molecular complexity index is 362. The average Bonchev–Trinajstić information content (AvgIpc) is 2.85. The van der Waals surface area contributed by atoms with E-state index in [0.29, 0.717) is 18.2 Å². The second-order valence-electron chi connectivity index (χ2n) is 4.17. The molecule has 1 aromatic heterocycles. The molecule has 0 spiro atoms. The Morgan fingerprint density at radius 2 is 2.33 bits per heavy atom. The van der Waals surface area contributed by atoms with Crippen molar-refractivity contribution in [2.75, 3.05) is 20.3 Å². The summed E-state index contributed by atoms with van der Waals surface area (Å²) in [4.78, 5) is 11.2. The van der Waals surface area contributed by atoms with Crippen LogP contribution < -0.4 is 5.32 Å². The van der Waals surface area contributed by atoms with Gasteiger partial charge in [-0.05, 0) is 31.0 Å². The number of carbonyl (C=O) groups excluding carboxylic acids is 1. The smallest absolute Gasteiger partial charge is 0.373 e. The largest absolute Gasteiger partial charge is 0.463 e. The number of nitrogens with one attached hydrogen (secondary N) is 1. The van der Waals surface area contributed by atoms with Crippen LogP contribution in [0.5, 0.6) is 0 Å². The van der Waals surface area contributed by atoms with Gasteiger partial charge in [0.2, 0.25) is 5.76 Å². The van der Waals surface area contributed by atoms with Gasteiger partial charge < -0.3 is 19.6 Å². The van der Waals surface area contributed by atoms with E-state index in [-0.39, 0.29) is 12.4 Å². The van der Waals surface area contributed by atoms with Crippen molar-refractivity contribution in [2.45, 2.75) is 26.3 Å². The molecular weight excluding hydrogens is 234 g/mol. The topological polar surface area (TPSA) is 71.7 Å². The molecule has 0 amide bonds. The Morgan fingerprint density at radius 3 is 2.94 bits per heavy atom. The summed E-state index contributed by atoms with van der Waals surface area (Å²) < 4.78 is 9.89. The fraction of sp³-hybridized carbons (Fsp3) is 0.615. The van der Waals surface area contributed by atoms with E-state index in [1.54, 1.807) is 12.1 Å². The van der Waals surface area contributed by atoms with Crippen LogP contribution in [0.15, 0.2) is 16.5 Å². The van der Waals surface area contributed by atoms with E-state index in [1.807, 2.05) is 0 Å². The SMILES string of the molecule is CCC(CCO)CNCc1ccc(C(=O)OC)o1. The summed E-state index contributed by atoms with van der Waals surface area (Å²) in [5.41, 5.74) is 0. The third-order valence-electron chi connectivity index (χ3n) is 2.90. The van der Waals surface area contributed by atoms with Gasteiger partial charge in [0.05, 0.1) is 13.7 Å². The number of rotatable bonds is 8. The lowest BCUT2D eigenvalue weighted by atomic mass is 10.0. The van der Waals surface area contributed by atoms with Gasteiger partial charge in [0.25, 0.3) is 0 Å². The Hall–Kier alpha value is -1.33. The molecule has 0 aliphatic heterocycles. The van der Waals surface area contributed by atoms with Gasteiger partial charge >= 0.3 is 5.97 Å². The summed E-state index contributed by atoms with van der Waals surface area (Å²) in [5.74, 6) is 0.920. The van der Waals surface area contributed by atoms with Gasteiger partial charge in [0.1, 0.15) is 5.76 Å². The van der Waals surface area contributed by atoms with E-state index in [9.17, 15) is 4.79 Å². The van der Waals surface area contributed by atoms with E-state index in [0.717, 1.165) is 19.4 Å². The molecule has 0 aliphatic rings. The zero-order valence-electron chi connectivity index (χ0n) is 10.9. The standard InChI is InChI=1S/C13H21NO4/c1-3-10(6-7-15)8-14-9-11-4-5-12(18-11)13(16)17-2/h4-5,10,14-15H,3,6-9H2,1-2H3. The first-order chi connectivity index (χ1) is 8.71. The summed E-state index contributed by atoms with van der Waals surface area (Å²) in [6.07, 6.45) is 1.83. The third kappa shape index (κ3) is 4.50. The van der Waals surface area contributed by atoms with Crippen molar-refractivity contribution in [3.63, 3.8) is 0 Å². The Balaban J connectivity index is 2.35. The Morgan fingerprint density at radius 1 is 1.56 bits per heavy atom. The minimum Gasteiger partial charge on any atom is -0.463 e. The summed E-state index contributed by atoms with van der Waals surface area (Å²) in [7, 11) is 1.32. The second kappa shape index (κ2) is 7.89. The third-order valence-corrected chi connectivity index (χ3v) is 2.90. The molecule has 5 heteroatoms. The van der Waals surface area contributed by atoms with Crippen LogP contribution in [0.3, 0.4) is 0 Å². The lowest BCUT2D eigenvalue weighted by molar-refractivity contribution is 0.0563. The number of hydrogen-bond donors (Lipinski definition) is 2. The molecule has 1 aromatic rings. The van der Waals surface area contributed by atoms with Crippen molar-refractivity contribution in [1.29, 1.82) is 0 Å². The molecule has 1 unspecified atom stereocenters. The predicted molar refractivity (Wildman–Crippen MR) is 67.2 cm³/mol. The number of ether oxygens (including phenoxy) is 1. The highest BCUT2D eigenvalue weighted by Crippen LogP contribution is 2.10. The molecule has 1 atom stereocenters. The number of hydrogen-bond acceptors (Lipinski definition) is 5. The van der Waals surface area contributed by atoms with E-state index >= 15 is 0 Å². The highest BCUT2D eigenvalue weighted by molar-refractivity contribution is 5.86. The molecule has 5 nitrogen and oxygen atoms in total. The fourth-order valence-electron chi connectivity index (χ4n) is 1.72. The summed E-state index contributed by atoms with van der Waals surface area (Å²) in [5, 5.41) is 12.1. The van der Waals surface area contributed by atoms with E-state index in [1.165, 1.54) is 7.11 Å². The molecule has 0 aromatic carbocycles. The maximum atomic E-state index is 11.2. The zero-order valence-corrected chi connectivity index (χ0v) is 10.9. The quantitative estimate of drug-likeness (QED) is 0.690. The van der Waals surface area contributed by atoms with Crippen molar-refractivity contribution in [3.8, 4) is 0 Å². The summed E-state index contributed by atoms with van der Waals surface area (Å²) in [6, 6.07) is 3.36. The van der Waals surface area contributed by atoms with Gasteiger partial charge in [-0.2, -0.15) is 0 Å². The Labute approximate surface area is 107 Å². The maximum Gasteiger partial charge on any atom is 0.373 e. The van der Waals surface area contributed by atoms with E-state index in [4.69, 9.17) is 9.52 Å². The van der Waals surface area contributed by atoms with Gasteiger partial charge in [-0.15, -0.1) is 0 Å². The highest BCUT2D eigenvalue weighted by Gasteiger charge is 2.11. The van der Waals surface area contributed by atoms with Crippen molar-refractivity contribution in [3.05, 3.63) is 23.7 Å². The minimum atomic E-state index is -0.465. The number of aliphatic hydroxyl groups excluding tert-OH is 1. The number of carbonyl (C=O) groups is 1. The van der Waals surface area contributed by atoms with Gasteiger partial charge in [-0.1, -0.05) is 13.3 Å². The molecule has 2 N–H and O–H groups in total. The zero-order chi connectivity index (χ0) is 13.4. The van der Waals surface area contributed by atoms with E-state index < -0.39 is 5.97 Å². The molecule has 0 radical (unpaired) electrons. The Kier molecular flexibility index (Phi) is 6.46. The molecule has 102 valence electrons. The molecular formula is C13H21NO4. The fourth-order valence-corrected chi connectivity index (χ4v) is 1.72. The molecule has 1 heterocycles. The lowest BCUT2D eigenvalue weighted by Crippen LogP contribution is -2.22. The molecule has 0 fully saturated rings. The van der Waals surface area contributed by atoms with Gasteiger partial charge in [0.15, 0.2) is 0 Å². The van der Waals surface area contributed by atoms with Crippen molar-refractivity contribution >= 4 is 5.97 Å². The van der Waals surface area contributed by atoms with Crippen molar-refractivity contribution < 1.29 is 19.1 Å². The molecule has 0 aliphatic carbocycles. The number of aliphatic hydroxyl groups is 1. The van der Waals surface area contributed by atoms with Crippen molar-refractivity contribution in [1.82, 2.24) is 5.32 Å². The van der Waals surface area contributed by atoms with Crippen LogP contribution in [-0.4, -0.2) is 31.3 Å². The number of esters is 1. The van der Waals surface area contributed by atoms with Crippen LogP contribution >= 0.6 is 0 Å². The van der Waals surface area contributed by atoms with Gasteiger partial charge in [0, 0.05) is 6.61 Å². The monoisotopic (exact) mass is 255 g/mol. The van der Waals surface area contributed by atoms with Crippen LogP contribution in [-0.2, 0) is 11.3 Å². The van der Waals surface area contributed by atoms with Gasteiger partial charge in [-0.3, -0.25) is 0 Å². The first-order valence-corrected chi connectivity index (χ1v) is 6.19. The predicted octanol–water partition coefficient (Wildman–Crippen LogP) is 1.56. The normalized spacial score (nSPS) is 12.4. The first kappa shape index (κ1) is 14.7. The van der Waals surface area contributed by atoms with Crippen LogP contribution in [0.2, 0.25) is 0 Å². The molecule has 1 rings (SSSR count). The van der Waals surface area contributed by atoms with Crippen LogP contribution in [0.4, 0.5) is 0 Å². The molecule has 0 saturated carbocycles. The molecule has 18 heavy (non-hydrogen) atoms. The van der Waals surface area contributed by atoms with Crippen LogP contribution in [0, 0.1) is 5.92 Å². The maximum absolute atomic E-state index is 11.2. The van der Waals surface area contributed by atoms with Gasteiger partial charge in [-0.25, -0.2) is 4.79 Å². The molecule has 0 bridgehead atoms. The lowest BCUT2D eigenvalue weighted by Gasteiger charge is -2.13. The molecule has 0 saturated heterocycles. The van der Waals surface area contributed by atoms with Crippen molar-refractivity contribution in [2.24, 2.45) is 5.92 Å². The van der Waals surface area contributed by atoms with Crippen LogP contribution in [0.25, 0.3) is 0 Å².